The first-order valence-corrected chi connectivity index (χ1v) is 11.0. The molecule has 0 bridgehead atoms. The molecule has 0 fully saturated rings. The van der Waals surface area contributed by atoms with Crippen LogP contribution in [0, 0.1) is 5.82 Å². The highest BCUT2D eigenvalue weighted by Crippen LogP contribution is 2.33. The van der Waals surface area contributed by atoms with Crippen LogP contribution in [0.4, 0.5) is 9.52 Å². The van der Waals surface area contributed by atoms with Gasteiger partial charge in [0.25, 0.3) is 5.91 Å². The molecule has 2 aromatic carbocycles. The maximum absolute atomic E-state index is 14.2. The fourth-order valence-electron chi connectivity index (χ4n) is 3.52. The molecular formula is C23H24FN3O3S. The summed E-state index contributed by atoms with van der Waals surface area (Å²) in [7, 11) is 1.56. The fraction of sp³-hybridized carbons (Fsp3) is 0.304. The zero-order chi connectivity index (χ0) is 22.0. The fourth-order valence-corrected chi connectivity index (χ4v) is 4.52. The van der Waals surface area contributed by atoms with Crippen LogP contribution in [0.15, 0.2) is 46.9 Å². The van der Waals surface area contributed by atoms with E-state index in [9.17, 15) is 9.18 Å². The van der Waals surface area contributed by atoms with Gasteiger partial charge in [0.1, 0.15) is 11.3 Å². The van der Waals surface area contributed by atoms with E-state index in [1.54, 1.807) is 36.3 Å². The van der Waals surface area contributed by atoms with Gasteiger partial charge in [0, 0.05) is 18.5 Å². The lowest BCUT2D eigenvalue weighted by Gasteiger charge is -2.24. The van der Waals surface area contributed by atoms with E-state index in [1.807, 2.05) is 12.1 Å². The summed E-state index contributed by atoms with van der Waals surface area (Å²) in [5, 5.41) is 1.23. The lowest BCUT2D eigenvalue weighted by Crippen LogP contribution is -2.38. The van der Waals surface area contributed by atoms with Crippen LogP contribution in [0.2, 0.25) is 0 Å². The number of aromatic nitrogens is 1. The number of carbonyl (C=O) groups is 1. The Morgan fingerprint density at radius 3 is 2.65 bits per heavy atom. The first-order chi connectivity index (χ1) is 15.0. The predicted molar refractivity (Wildman–Crippen MR) is 122 cm³/mol. The normalized spacial score (nSPS) is 11.5. The van der Waals surface area contributed by atoms with Crippen molar-refractivity contribution in [1.29, 1.82) is 0 Å². The summed E-state index contributed by atoms with van der Waals surface area (Å²) in [5.74, 6) is 0.0431. The molecule has 0 radical (unpaired) electrons. The largest absolute Gasteiger partial charge is 0.493 e. The molecule has 0 aliphatic heterocycles. The number of amides is 1. The number of methoxy groups -OCH3 is 1. The quantitative estimate of drug-likeness (QED) is 0.377. The standard InChI is InChI=1S/C23H24FN3O3S/c1-4-26(5-2)12-13-27(23-25-20-16(24)9-7-11-19(20)31-23)22(28)18-14-15-8-6-10-17(29-3)21(15)30-18/h6-11,14H,4-5,12-13H2,1-3H3. The number of ether oxygens (including phenoxy) is 1. The molecule has 8 heteroatoms. The SMILES string of the molecule is CCN(CC)CCN(C(=O)c1cc2cccc(OC)c2o1)c1nc2c(F)cccc2s1. The predicted octanol–water partition coefficient (Wildman–Crippen LogP) is 5.18. The van der Waals surface area contributed by atoms with Gasteiger partial charge < -0.3 is 14.1 Å². The van der Waals surface area contributed by atoms with Gasteiger partial charge in [-0.2, -0.15) is 0 Å². The number of nitrogens with zero attached hydrogens (tertiary/aromatic N) is 3. The van der Waals surface area contributed by atoms with E-state index < -0.39 is 5.82 Å². The van der Waals surface area contributed by atoms with Crippen LogP contribution in [0.3, 0.4) is 0 Å². The number of furan rings is 1. The highest BCUT2D eigenvalue weighted by Gasteiger charge is 2.26. The second kappa shape index (κ2) is 9.03. The number of anilines is 1. The minimum Gasteiger partial charge on any atom is -0.493 e. The van der Waals surface area contributed by atoms with Crippen LogP contribution in [-0.2, 0) is 0 Å². The Kier molecular flexibility index (Phi) is 6.20. The van der Waals surface area contributed by atoms with Crippen LogP contribution in [-0.4, -0.2) is 49.1 Å². The summed E-state index contributed by atoms with van der Waals surface area (Å²) in [4.78, 5) is 21.7. The van der Waals surface area contributed by atoms with Crippen molar-refractivity contribution in [2.45, 2.75) is 13.8 Å². The topological polar surface area (TPSA) is 58.8 Å². The minimum absolute atomic E-state index is 0.193. The van der Waals surface area contributed by atoms with Crippen LogP contribution >= 0.6 is 11.3 Å². The van der Waals surface area contributed by atoms with Gasteiger partial charge in [-0.15, -0.1) is 0 Å². The second-order valence-electron chi connectivity index (χ2n) is 7.06. The molecule has 1 amide bonds. The third-order valence-electron chi connectivity index (χ3n) is 5.31. The third-order valence-corrected chi connectivity index (χ3v) is 6.35. The molecule has 6 nitrogen and oxygen atoms in total. The molecule has 4 aromatic rings. The van der Waals surface area contributed by atoms with Crippen molar-refractivity contribution >= 4 is 43.6 Å². The molecule has 0 N–H and O–H groups in total. The molecule has 0 aliphatic rings. The highest BCUT2D eigenvalue weighted by molar-refractivity contribution is 7.22. The number of halogens is 1. The maximum atomic E-state index is 14.2. The van der Waals surface area contributed by atoms with Crippen molar-refractivity contribution in [1.82, 2.24) is 9.88 Å². The number of likely N-dealkylation sites (N-methyl/N-ethyl adjacent to an activating group) is 1. The minimum atomic E-state index is -0.399. The molecule has 0 spiro atoms. The molecule has 0 saturated heterocycles. The molecule has 162 valence electrons. The molecule has 4 rings (SSSR count). The Morgan fingerprint density at radius 1 is 1.16 bits per heavy atom. The number of rotatable bonds is 8. The zero-order valence-electron chi connectivity index (χ0n) is 17.7. The molecule has 0 aliphatic carbocycles. The van der Waals surface area contributed by atoms with Crippen LogP contribution in [0.1, 0.15) is 24.4 Å². The molecular weight excluding hydrogens is 417 g/mol. The number of benzene rings is 2. The molecule has 2 aromatic heterocycles. The monoisotopic (exact) mass is 441 g/mol. The van der Waals surface area contributed by atoms with Gasteiger partial charge in [0.15, 0.2) is 22.2 Å². The zero-order valence-corrected chi connectivity index (χ0v) is 18.5. The van der Waals surface area contributed by atoms with Crippen molar-refractivity contribution in [3.63, 3.8) is 0 Å². The Labute approximate surface area is 183 Å². The van der Waals surface area contributed by atoms with E-state index in [0.29, 0.717) is 34.3 Å². The van der Waals surface area contributed by atoms with Crippen LogP contribution in [0.25, 0.3) is 21.2 Å². The van der Waals surface area contributed by atoms with E-state index in [4.69, 9.17) is 9.15 Å². The Bertz CT molecular complexity index is 1220. The number of para-hydroxylation sites is 2. The lowest BCUT2D eigenvalue weighted by molar-refractivity contribution is 0.0959. The Morgan fingerprint density at radius 2 is 1.94 bits per heavy atom. The first kappa shape index (κ1) is 21.3. The van der Waals surface area contributed by atoms with Gasteiger partial charge in [-0.3, -0.25) is 9.69 Å². The smallest absolute Gasteiger partial charge is 0.295 e. The summed E-state index contributed by atoms with van der Waals surface area (Å²) < 4.78 is 26.2. The average Bonchev–Trinajstić information content (AvgIpc) is 3.41. The van der Waals surface area contributed by atoms with E-state index >= 15 is 0 Å². The van der Waals surface area contributed by atoms with E-state index in [-0.39, 0.29) is 17.2 Å². The first-order valence-electron chi connectivity index (χ1n) is 10.2. The summed E-state index contributed by atoms with van der Waals surface area (Å²) in [6.07, 6.45) is 0. The highest BCUT2D eigenvalue weighted by atomic mass is 32.1. The maximum Gasteiger partial charge on any atom is 0.295 e. The molecule has 0 atom stereocenters. The number of fused-ring (bicyclic) bond motifs is 2. The van der Waals surface area contributed by atoms with Gasteiger partial charge in [0.2, 0.25) is 0 Å². The van der Waals surface area contributed by atoms with Gasteiger partial charge in [-0.1, -0.05) is 43.4 Å². The summed E-state index contributed by atoms with van der Waals surface area (Å²) in [6, 6.07) is 12.0. The van der Waals surface area contributed by atoms with Crippen LogP contribution < -0.4 is 9.64 Å². The Hall–Kier alpha value is -2.97. The molecule has 0 saturated carbocycles. The average molecular weight is 442 g/mol. The van der Waals surface area contributed by atoms with Crippen molar-refractivity contribution in [2.75, 3.05) is 38.2 Å². The second-order valence-corrected chi connectivity index (χ2v) is 8.07. The van der Waals surface area contributed by atoms with Gasteiger partial charge in [-0.05, 0) is 37.4 Å². The molecule has 2 heterocycles. The number of hydrogen-bond donors (Lipinski definition) is 0. The number of carbonyl (C=O) groups excluding carboxylic acids is 1. The number of thiazole rings is 1. The lowest BCUT2D eigenvalue weighted by atomic mass is 10.2. The van der Waals surface area contributed by atoms with Crippen LogP contribution in [0.5, 0.6) is 5.75 Å². The van der Waals surface area contributed by atoms with Crippen molar-refractivity contribution < 1.29 is 18.3 Å². The molecule has 0 unspecified atom stereocenters. The van der Waals surface area contributed by atoms with Crippen molar-refractivity contribution in [3.8, 4) is 5.75 Å². The van der Waals surface area contributed by atoms with E-state index in [2.05, 4.69) is 23.7 Å². The Balaban J connectivity index is 1.74. The van der Waals surface area contributed by atoms with Crippen molar-refractivity contribution in [3.05, 3.63) is 54.0 Å². The van der Waals surface area contributed by atoms with E-state index in [1.165, 1.54) is 17.4 Å². The van der Waals surface area contributed by atoms with Crippen molar-refractivity contribution in [2.24, 2.45) is 0 Å². The van der Waals surface area contributed by atoms with Gasteiger partial charge >= 0.3 is 0 Å². The summed E-state index contributed by atoms with van der Waals surface area (Å²) in [6.45, 7) is 6.98. The molecule has 31 heavy (non-hydrogen) atoms. The number of hydrogen-bond acceptors (Lipinski definition) is 6. The van der Waals surface area contributed by atoms with Gasteiger partial charge in [0.05, 0.1) is 11.8 Å². The third kappa shape index (κ3) is 4.13. The summed E-state index contributed by atoms with van der Waals surface area (Å²) >= 11 is 1.29. The van der Waals surface area contributed by atoms with E-state index in [0.717, 1.165) is 18.5 Å². The van der Waals surface area contributed by atoms with Gasteiger partial charge in [-0.25, -0.2) is 9.37 Å². The summed E-state index contributed by atoms with van der Waals surface area (Å²) in [5.41, 5.74) is 0.793.